The van der Waals surface area contributed by atoms with E-state index in [0.717, 1.165) is 30.0 Å². The molecule has 1 aliphatic heterocycles. The summed E-state index contributed by atoms with van der Waals surface area (Å²) in [6.45, 7) is 2.45. The van der Waals surface area contributed by atoms with Crippen LogP contribution in [-0.2, 0) is 16.0 Å². The molecule has 23 heavy (non-hydrogen) atoms. The zero-order valence-electron chi connectivity index (χ0n) is 13.0. The number of nitrogens with one attached hydrogen (secondary N) is 2. The van der Waals surface area contributed by atoms with Crippen molar-refractivity contribution in [2.24, 2.45) is 0 Å². The highest BCUT2D eigenvalue weighted by Gasteiger charge is 2.23. The molecule has 0 spiro atoms. The van der Waals surface area contributed by atoms with Crippen molar-refractivity contribution in [1.29, 1.82) is 0 Å². The van der Waals surface area contributed by atoms with Gasteiger partial charge in [0.1, 0.15) is 0 Å². The second-order valence-corrected chi connectivity index (χ2v) is 5.54. The van der Waals surface area contributed by atoms with E-state index in [9.17, 15) is 9.59 Å². The lowest BCUT2D eigenvalue weighted by Crippen LogP contribution is -2.34. The molecule has 0 bridgehead atoms. The maximum Gasteiger partial charge on any atom is 0.246 e. The number of hydrogen-bond acceptors (Lipinski definition) is 3. The van der Waals surface area contributed by atoms with E-state index in [1.807, 2.05) is 35.2 Å². The number of hydrogen-bond donors (Lipinski definition) is 2. The minimum absolute atomic E-state index is 0.0564. The molecule has 0 saturated carbocycles. The summed E-state index contributed by atoms with van der Waals surface area (Å²) in [5.74, 6) is -0.0468. The summed E-state index contributed by atoms with van der Waals surface area (Å²) in [4.78, 5) is 25.2. The quantitative estimate of drug-likeness (QED) is 0.913. The molecule has 2 N–H and O–H groups in total. The summed E-state index contributed by atoms with van der Waals surface area (Å²) in [6, 6.07) is 15.3. The second kappa shape index (κ2) is 6.52. The maximum atomic E-state index is 12.4. The highest BCUT2D eigenvalue weighted by molar-refractivity contribution is 5.98. The van der Waals surface area contributed by atoms with Gasteiger partial charge in [-0.2, -0.15) is 0 Å². The first-order valence-electron chi connectivity index (χ1n) is 7.63. The minimum atomic E-state index is -0.103. The fraction of sp³-hybridized carbons (Fsp3) is 0.222. The van der Waals surface area contributed by atoms with Crippen LogP contribution in [-0.4, -0.2) is 24.9 Å². The summed E-state index contributed by atoms with van der Waals surface area (Å²) in [7, 11) is 0. The van der Waals surface area contributed by atoms with Gasteiger partial charge in [-0.25, -0.2) is 0 Å². The Balaban J connectivity index is 1.58. The molecule has 0 unspecified atom stereocenters. The van der Waals surface area contributed by atoms with Crippen LogP contribution in [0.2, 0.25) is 0 Å². The van der Waals surface area contributed by atoms with Crippen molar-refractivity contribution in [2.45, 2.75) is 13.3 Å². The third-order valence-electron chi connectivity index (χ3n) is 3.84. The molecule has 3 rings (SSSR count). The number of fused-ring (bicyclic) bond motifs is 1. The number of benzene rings is 2. The first-order chi connectivity index (χ1) is 11.1. The van der Waals surface area contributed by atoms with Gasteiger partial charge in [0.05, 0.1) is 6.54 Å². The van der Waals surface area contributed by atoms with Gasteiger partial charge in [-0.1, -0.05) is 18.2 Å². The Hall–Kier alpha value is -2.82. The summed E-state index contributed by atoms with van der Waals surface area (Å²) < 4.78 is 0. The fourth-order valence-corrected chi connectivity index (χ4v) is 2.75. The van der Waals surface area contributed by atoms with Gasteiger partial charge in [-0.15, -0.1) is 0 Å². The highest BCUT2D eigenvalue weighted by atomic mass is 16.2. The maximum absolute atomic E-state index is 12.4. The van der Waals surface area contributed by atoms with Crippen LogP contribution in [0.4, 0.5) is 17.1 Å². The molecule has 0 aliphatic carbocycles. The predicted octanol–water partition coefficient (Wildman–Crippen LogP) is 2.65. The van der Waals surface area contributed by atoms with Gasteiger partial charge >= 0.3 is 0 Å². The molecule has 0 fully saturated rings. The van der Waals surface area contributed by atoms with Crippen molar-refractivity contribution in [3.63, 3.8) is 0 Å². The molecule has 5 heteroatoms. The number of anilines is 3. The zero-order chi connectivity index (χ0) is 16.2. The van der Waals surface area contributed by atoms with E-state index >= 15 is 0 Å². The van der Waals surface area contributed by atoms with Crippen LogP contribution in [0.1, 0.15) is 12.5 Å². The van der Waals surface area contributed by atoms with Crippen molar-refractivity contribution >= 4 is 28.9 Å². The van der Waals surface area contributed by atoms with Crippen LogP contribution in [0, 0.1) is 0 Å². The van der Waals surface area contributed by atoms with E-state index in [4.69, 9.17) is 0 Å². The average Bonchev–Trinajstić information content (AvgIpc) is 2.97. The summed E-state index contributed by atoms with van der Waals surface area (Å²) >= 11 is 0. The van der Waals surface area contributed by atoms with Crippen molar-refractivity contribution in [3.8, 4) is 0 Å². The van der Waals surface area contributed by atoms with Gasteiger partial charge in [0, 0.05) is 30.5 Å². The van der Waals surface area contributed by atoms with Gasteiger partial charge in [0.15, 0.2) is 0 Å². The van der Waals surface area contributed by atoms with Crippen molar-refractivity contribution in [1.82, 2.24) is 0 Å². The van der Waals surface area contributed by atoms with Crippen LogP contribution in [0.5, 0.6) is 0 Å². The minimum Gasteiger partial charge on any atom is -0.376 e. The SMILES string of the molecule is CC(=O)Nc1ccc(NCC(=O)N2CCc3ccccc32)cc1. The Morgan fingerprint density at radius 3 is 2.48 bits per heavy atom. The third kappa shape index (κ3) is 3.51. The van der Waals surface area contributed by atoms with Crippen LogP contribution >= 0.6 is 0 Å². The van der Waals surface area contributed by atoms with Crippen molar-refractivity contribution in [2.75, 3.05) is 28.6 Å². The van der Waals surface area contributed by atoms with Crippen LogP contribution in [0.15, 0.2) is 48.5 Å². The number of rotatable bonds is 4. The van der Waals surface area contributed by atoms with Gasteiger partial charge < -0.3 is 15.5 Å². The van der Waals surface area contributed by atoms with Crippen molar-refractivity contribution in [3.05, 3.63) is 54.1 Å². The monoisotopic (exact) mass is 309 g/mol. The smallest absolute Gasteiger partial charge is 0.246 e. The Morgan fingerprint density at radius 1 is 1.04 bits per heavy atom. The lowest BCUT2D eigenvalue weighted by atomic mass is 10.2. The molecule has 118 valence electrons. The molecule has 0 atom stereocenters. The Bertz CT molecular complexity index is 725. The molecule has 2 amide bonds. The van der Waals surface area contributed by atoms with E-state index in [0.29, 0.717) is 0 Å². The molecular weight excluding hydrogens is 290 g/mol. The number of carbonyl (C=O) groups excluding carboxylic acids is 2. The molecule has 0 saturated heterocycles. The normalized spacial score (nSPS) is 12.7. The largest absolute Gasteiger partial charge is 0.376 e. The number of para-hydroxylation sites is 1. The Kier molecular flexibility index (Phi) is 4.28. The first kappa shape index (κ1) is 15.1. The lowest BCUT2D eigenvalue weighted by molar-refractivity contribution is -0.117. The fourth-order valence-electron chi connectivity index (χ4n) is 2.75. The number of carbonyl (C=O) groups is 2. The van der Waals surface area contributed by atoms with E-state index < -0.39 is 0 Å². The molecular formula is C18H19N3O2. The van der Waals surface area contributed by atoms with Crippen LogP contribution in [0.3, 0.4) is 0 Å². The van der Waals surface area contributed by atoms with Gasteiger partial charge in [0.25, 0.3) is 0 Å². The van der Waals surface area contributed by atoms with Gasteiger partial charge in [-0.05, 0) is 42.3 Å². The number of nitrogens with zero attached hydrogens (tertiary/aromatic N) is 1. The predicted molar refractivity (Wildman–Crippen MR) is 91.7 cm³/mol. The van der Waals surface area contributed by atoms with Crippen LogP contribution < -0.4 is 15.5 Å². The van der Waals surface area contributed by atoms with Crippen LogP contribution in [0.25, 0.3) is 0 Å². The Labute approximate surface area is 135 Å². The lowest BCUT2D eigenvalue weighted by Gasteiger charge is -2.18. The topological polar surface area (TPSA) is 61.4 Å². The highest BCUT2D eigenvalue weighted by Crippen LogP contribution is 2.27. The molecule has 1 aliphatic rings. The third-order valence-corrected chi connectivity index (χ3v) is 3.84. The molecule has 2 aromatic rings. The summed E-state index contributed by atoms with van der Waals surface area (Å²) in [6.07, 6.45) is 0.910. The van der Waals surface area contributed by atoms with E-state index in [1.54, 1.807) is 12.1 Å². The second-order valence-electron chi connectivity index (χ2n) is 5.54. The van der Waals surface area contributed by atoms with Gasteiger partial charge in [-0.3, -0.25) is 9.59 Å². The molecule has 2 aromatic carbocycles. The van der Waals surface area contributed by atoms with E-state index in [-0.39, 0.29) is 18.4 Å². The first-order valence-corrected chi connectivity index (χ1v) is 7.63. The molecule has 0 aromatic heterocycles. The standard InChI is InChI=1S/C18H19N3O2/c1-13(22)20-16-8-6-15(7-9-16)19-12-18(23)21-11-10-14-4-2-3-5-17(14)21/h2-9,19H,10-12H2,1H3,(H,20,22). The van der Waals surface area contributed by atoms with E-state index in [1.165, 1.54) is 12.5 Å². The summed E-state index contributed by atoms with van der Waals surface area (Å²) in [5.41, 5.74) is 3.82. The average molecular weight is 309 g/mol. The molecule has 5 nitrogen and oxygen atoms in total. The number of amides is 2. The zero-order valence-corrected chi connectivity index (χ0v) is 13.0. The summed E-state index contributed by atoms with van der Waals surface area (Å²) in [5, 5.41) is 5.84. The molecule has 0 radical (unpaired) electrons. The van der Waals surface area contributed by atoms with E-state index in [2.05, 4.69) is 16.7 Å². The van der Waals surface area contributed by atoms with Crippen molar-refractivity contribution < 1.29 is 9.59 Å². The molecule has 1 heterocycles. The van der Waals surface area contributed by atoms with Gasteiger partial charge in [0.2, 0.25) is 11.8 Å². The Morgan fingerprint density at radius 2 is 1.74 bits per heavy atom.